The third-order valence-corrected chi connectivity index (χ3v) is 7.87. The fraction of sp³-hybridized carbons (Fsp3) is 0.226. The summed E-state index contributed by atoms with van der Waals surface area (Å²) in [6.45, 7) is 3.79. The highest BCUT2D eigenvalue weighted by Gasteiger charge is 2.42. The Morgan fingerprint density at radius 3 is 2.55 bits per heavy atom. The molecule has 1 heterocycles. The number of Topliss-reactive ketones (excluding diaryl/α,β-unsaturated/α-hetero) is 1. The molecule has 0 spiro atoms. The standard InChI is InChI=1S/C31H25ClF2N4O4/c1-16-10-18(15-42-28-9-7-19(33)12-23(28)32)17(2)21(11-16)29-22(14-35)31(36)37(25-4-3-5-27(39)30(25)29)24-8-6-20(34)13-26(24)38(40)41/h6-13,29H,3-5,15,36H2,1-2H3. The number of ether oxygens (including phenoxy) is 1. The monoisotopic (exact) mass is 590 g/mol. The van der Waals surface area contributed by atoms with Gasteiger partial charge in [-0.05, 0) is 73.7 Å². The highest BCUT2D eigenvalue weighted by Crippen LogP contribution is 2.49. The summed E-state index contributed by atoms with van der Waals surface area (Å²) < 4.78 is 33.4. The van der Waals surface area contributed by atoms with Crippen LogP contribution in [0.1, 0.15) is 47.4 Å². The van der Waals surface area contributed by atoms with Gasteiger partial charge in [-0.15, -0.1) is 0 Å². The summed E-state index contributed by atoms with van der Waals surface area (Å²) in [5.41, 5.74) is 9.83. The van der Waals surface area contributed by atoms with E-state index in [1.807, 2.05) is 26.0 Å². The van der Waals surface area contributed by atoms with E-state index in [4.69, 9.17) is 22.1 Å². The van der Waals surface area contributed by atoms with E-state index in [1.54, 1.807) is 0 Å². The summed E-state index contributed by atoms with van der Waals surface area (Å²) >= 11 is 6.14. The molecule has 2 aliphatic rings. The molecule has 214 valence electrons. The van der Waals surface area contributed by atoms with Gasteiger partial charge in [0.1, 0.15) is 35.5 Å². The summed E-state index contributed by atoms with van der Waals surface area (Å²) in [5.74, 6) is -2.10. The van der Waals surface area contributed by atoms with Crippen LogP contribution in [0, 0.1) is 46.9 Å². The van der Waals surface area contributed by atoms with Crippen LogP contribution < -0.4 is 15.4 Å². The molecule has 0 saturated heterocycles. The Bertz CT molecular complexity index is 1760. The number of ketones is 1. The van der Waals surface area contributed by atoms with Crippen LogP contribution in [0.5, 0.6) is 5.75 Å². The molecule has 3 aromatic rings. The number of anilines is 1. The van der Waals surface area contributed by atoms with Crippen molar-refractivity contribution in [1.82, 2.24) is 0 Å². The van der Waals surface area contributed by atoms with Crippen LogP contribution in [-0.2, 0) is 11.4 Å². The second kappa shape index (κ2) is 11.3. The van der Waals surface area contributed by atoms with E-state index < -0.39 is 28.2 Å². The first-order valence-electron chi connectivity index (χ1n) is 13.1. The number of nitrogens with two attached hydrogens (primary N) is 1. The lowest BCUT2D eigenvalue weighted by Crippen LogP contribution is -2.39. The molecule has 5 rings (SSSR count). The van der Waals surface area contributed by atoms with Crippen molar-refractivity contribution >= 4 is 28.8 Å². The fourth-order valence-corrected chi connectivity index (χ4v) is 5.89. The topological polar surface area (TPSA) is 122 Å². The Labute approximate surface area is 245 Å². The molecule has 0 saturated carbocycles. The number of hydrogen-bond donors (Lipinski definition) is 1. The maximum atomic E-state index is 14.0. The zero-order valence-corrected chi connectivity index (χ0v) is 23.5. The minimum atomic E-state index is -0.832. The molecule has 3 aromatic carbocycles. The Kier molecular flexibility index (Phi) is 7.71. The Balaban J connectivity index is 1.66. The maximum absolute atomic E-state index is 14.0. The van der Waals surface area contributed by atoms with Crippen LogP contribution in [0.2, 0.25) is 5.02 Å². The zero-order chi connectivity index (χ0) is 30.3. The summed E-state index contributed by atoms with van der Waals surface area (Å²) in [5, 5.41) is 22.4. The quantitative estimate of drug-likeness (QED) is 0.241. The number of nitrogens with zero attached hydrogens (tertiary/aromatic N) is 3. The van der Waals surface area contributed by atoms with Crippen LogP contribution in [-0.4, -0.2) is 10.7 Å². The second-order valence-electron chi connectivity index (χ2n) is 10.2. The molecule has 0 radical (unpaired) electrons. The SMILES string of the molecule is Cc1cc(COc2ccc(F)cc2Cl)c(C)c(C2C(C#N)=C(N)N(c3ccc(F)cc3[N+](=O)[O-])C3=C2C(=O)CCC3)c1. The smallest absolute Gasteiger partial charge is 0.296 e. The predicted molar refractivity (Wildman–Crippen MR) is 153 cm³/mol. The first kappa shape index (κ1) is 28.8. The lowest BCUT2D eigenvalue weighted by Gasteiger charge is -2.39. The largest absolute Gasteiger partial charge is 0.487 e. The minimum absolute atomic E-state index is 0.0291. The summed E-state index contributed by atoms with van der Waals surface area (Å²) in [6, 6.07) is 12.9. The van der Waals surface area contributed by atoms with Crippen molar-refractivity contribution in [3.05, 3.63) is 120 Å². The number of nitro groups is 1. The number of aryl methyl sites for hydroxylation is 1. The van der Waals surface area contributed by atoms with Gasteiger partial charge in [-0.3, -0.25) is 19.8 Å². The number of carbonyl (C=O) groups excluding carboxylic acids is 1. The molecule has 1 atom stereocenters. The third kappa shape index (κ3) is 5.08. The predicted octanol–water partition coefficient (Wildman–Crippen LogP) is 7.03. The van der Waals surface area contributed by atoms with Gasteiger partial charge in [0, 0.05) is 17.7 Å². The van der Waals surface area contributed by atoms with Crippen molar-refractivity contribution in [2.75, 3.05) is 4.90 Å². The molecule has 1 unspecified atom stereocenters. The van der Waals surface area contributed by atoms with Crippen molar-refractivity contribution in [3.8, 4) is 11.8 Å². The number of allylic oxidation sites excluding steroid dienone is 3. The Morgan fingerprint density at radius 2 is 1.86 bits per heavy atom. The van der Waals surface area contributed by atoms with Gasteiger partial charge in [0.15, 0.2) is 5.78 Å². The number of nitriles is 1. The van der Waals surface area contributed by atoms with E-state index in [2.05, 4.69) is 6.07 Å². The summed E-state index contributed by atoms with van der Waals surface area (Å²) in [7, 11) is 0. The molecule has 2 N–H and O–H groups in total. The van der Waals surface area contributed by atoms with Crippen LogP contribution in [0.4, 0.5) is 20.2 Å². The van der Waals surface area contributed by atoms with E-state index in [-0.39, 0.29) is 40.9 Å². The number of rotatable bonds is 6. The molecule has 0 fully saturated rings. The van der Waals surface area contributed by atoms with Gasteiger partial charge in [0.2, 0.25) is 0 Å². The van der Waals surface area contributed by atoms with E-state index in [1.165, 1.54) is 23.1 Å². The molecule has 42 heavy (non-hydrogen) atoms. The van der Waals surface area contributed by atoms with Crippen LogP contribution >= 0.6 is 11.6 Å². The minimum Gasteiger partial charge on any atom is -0.487 e. The molecule has 8 nitrogen and oxygen atoms in total. The van der Waals surface area contributed by atoms with E-state index >= 15 is 0 Å². The maximum Gasteiger partial charge on any atom is 0.296 e. The Morgan fingerprint density at radius 1 is 1.14 bits per heavy atom. The third-order valence-electron chi connectivity index (χ3n) is 7.58. The van der Waals surface area contributed by atoms with Crippen LogP contribution in [0.15, 0.2) is 71.2 Å². The van der Waals surface area contributed by atoms with Gasteiger partial charge in [0.05, 0.1) is 33.6 Å². The van der Waals surface area contributed by atoms with Gasteiger partial charge in [0.25, 0.3) is 5.69 Å². The molecular formula is C31H25ClF2N4O4. The molecule has 1 aliphatic heterocycles. The number of benzene rings is 3. The van der Waals surface area contributed by atoms with Crippen molar-refractivity contribution in [2.24, 2.45) is 5.73 Å². The van der Waals surface area contributed by atoms with Crippen LogP contribution in [0.25, 0.3) is 0 Å². The average Bonchev–Trinajstić information content (AvgIpc) is 2.94. The number of nitro benzene ring substituents is 1. The lowest BCUT2D eigenvalue weighted by atomic mass is 9.73. The van der Waals surface area contributed by atoms with Crippen molar-refractivity contribution in [2.45, 2.75) is 45.6 Å². The summed E-state index contributed by atoms with van der Waals surface area (Å²) in [4.78, 5) is 26.1. The van der Waals surface area contributed by atoms with Gasteiger partial charge < -0.3 is 10.5 Å². The van der Waals surface area contributed by atoms with Gasteiger partial charge in [-0.2, -0.15) is 5.26 Å². The van der Waals surface area contributed by atoms with E-state index in [0.29, 0.717) is 35.4 Å². The molecular weight excluding hydrogens is 566 g/mol. The van der Waals surface area contributed by atoms with Crippen LogP contribution in [0.3, 0.4) is 0 Å². The first-order valence-corrected chi connectivity index (χ1v) is 13.5. The highest BCUT2D eigenvalue weighted by molar-refractivity contribution is 6.32. The zero-order valence-electron chi connectivity index (χ0n) is 22.7. The van der Waals surface area contributed by atoms with Gasteiger partial charge in [-0.1, -0.05) is 29.3 Å². The van der Waals surface area contributed by atoms with E-state index in [9.17, 15) is 29.0 Å². The molecule has 1 aliphatic carbocycles. The molecule has 0 amide bonds. The van der Waals surface area contributed by atoms with Crippen molar-refractivity contribution in [3.63, 3.8) is 0 Å². The normalized spacial score (nSPS) is 16.8. The van der Waals surface area contributed by atoms with Crippen molar-refractivity contribution < 1.29 is 23.2 Å². The number of carbonyl (C=O) groups is 1. The highest BCUT2D eigenvalue weighted by atomic mass is 35.5. The van der Waals surface area contributed by atoms with Crippen molar-refractivity contribution in [1.29, 1.82) is 5.26 Å². The fourth-order valence-electron chi connectivity index (χ4n) is 5.67. The van der Waals surface area contributed by atoms with Gasteiger partial charge in [-0.25, -0.2) is 8.78 Å². The van der Waals surface area contributed by atoms with Gasteiger partial charge >= 0.3 is 0 Å². The molecule has 0 aromatic heterocycles. The Hall–Kier alpha value is -4.75. The summed E-state index contributed by atoms with van der Waals surface area (Å²) in [6.07, 6.45) is 1.09. The number of hydrogen-bond acceptors (Lipinski definition) is 7. The first-order chi connectivity index (χ1) is 20.0. The lowest BCUT2D eigenvalue weighted by molar-refractivity contribution is -0.384. The second-order valence-corrected chi connectivity index (χ2v) is 10.6. The van der Waals surface area contributed by atoms with E-state index in [0.717, 1.165) is 34.9 Å². The number of halogens is 3. The molecule has 0 bridgehead atoms. The average molecular weight is 591 g/mol. The molecule has 11 heteroatoms.